The molecule has 55 heavy (non-hydrogen) atoms. The smallest absolute Gasteiger partial charge is 0.381 e. The van der Waals surface area contributed by atoms with Crippen LogP contribution in [0.15, 0.2) is 0 Å². The van der Waals surface area contributed by atoms with Gasteiger partial charge in [0.1, 0.15) is 0 Å². The first-order valence-electron chi connectivity index (χ1n) is 13.0. The Labute approximate surface area is 290 Å². The number of carbonyl (C=O) groups excluding carboxylic acids is 1. The Bertz CT molecular complexity index is 1010. The van der Waals surface area contributed by atoms with Crippen LogP contribution in [0.1, 0.15) is 13.3 Å². The van der Waals surface area contributed by atoms with Crippen molar-refractivity contribution in [2.24, 2.45) is 5.41 Å². The number of rotatable bonds is 15. The Morgan fingerprint density at radius 2 is 0.618 bits per heavy atom. The first-order chi connectivity index (χ1) is 23.8. The molecule has 0 radical (unpaired) electrons. The lowest BCUT2D eigenvalue weighted by atomic mass is 9.89. The largest absolute Gasteiger partial charge is 0.435 e. The Morgan fingerprint density at radius 3 is 0.800 bits per heavy atom. The fourth-order valence-corrected chi connectivity index (χ4v) is 4.43. The zero-order valence-electron chi connectivity index (χ0n) is 25.6. The van der Waals surface area contributed by atoms with Gasteiger partial charge in [-0.1, -0.05) is 11.8 Å². The number of thioether (sulfide) groups is 1. The maximum atomic E-state index is 13.5. The van der Waals surface area contributed by atoms with E-state index in [0.29, 0.717) is 0 Å². The summed E-state index contributed by atoms with van der Waals surface area (Å²) in [6.07, 6.45) is -73.2. The predicted molar refractivity (Wildman–Crippen MR) is 122 cm³/mol. The average molecular weight is 906 g/mol. The number of carbonyl (C=O) groups is 1. The molecule has 0 aliphatic heterocycles. The van der Waals surface area contributed by atoms with Crippen molar-refractivity contribution < 1.29 is 142 Å². The highest BCUT2D eigenvalue weighted by molar-refractivity contribution is 8.13. The third-order valence-corrected chi connectivity index (χ3v) is 7.42. The summed E-state index contributed by atoms with van der Waals surface area (Å²) in [7, 11) is 0. The summed E-state index contributed by atoms with van der Waals surface area (Å²) in [5.41, 5.74) is -28.8. The number of halogens is 27. The molecule has 0 heterocycles. The number of hydrogen-bond donors (Lipinski definition) is 0. The van der Waals surface area contributed by atoms with Crippen LogP contribution >= 0.6 is 11.8 Å². The van der Waals surface area contributed by atoms with E-state index in [9.17, 15) is 123 Å². The van der Waals surface area contributed by atoms with Crippen molar-refractivity contribution in [1.29, 1.82) is 0 Å². The van der Waals surface area contributed by atoms with Gasteiger partial charge in [0.05, 0.1) is 31.8 Å². The summed E-state index contributed by atoms with van der Waals surface area (Å²) < 4.78 is 377. The maximum Gasteiger partial charge on any atom is 0.435 e. The molecule has 33 heteroatoms. The second-order valence-corrected chi connectivity index (χ2v) is 11.9. The minimum atomic E-state index is -8.04. The van der Waals surface area contributed by atoms with E-state index in [0.717, 1.165) is 6.92 Å². The molecule has 0 bridgehead atoms. The van der Waals surface area contributed by atoms with Crippen LogP contribution in [-0.2, 0) is 23.7 Å². The SMILES string of the molecule is CC(=O)SCCCOCC(COC(C(F)(F)F)(C(F)(F)F)C(F)(F)F)(COC(C(F)(F)F)(C(F)(F)F)C(F)(F)F)COC(C(F)(F)F)(C(F)(F)F)C(F)(F)F. The summed E-state index contributed by atoms with van der Waals surface area (Å²) in [5.74, 6) is -0.607. The lowest BCUT2D eigenvalue weighted by molar-refractivity contribution is -0.474. The fraction of sp³-hybridized carbons (Fsp3) is 0.955. The van der Waals surface area contributed by atoms with Gasteiger partial charge in [0, 0.05) is 19.3 Å². The molecule has 0 aliphatic rings. The van der Waals surface area contributed by atoms with Gasteiger partial charge >= 0.3 is 72.4 Å². The summed E-state index contributed by atoms with van der Waals surface area (Å²) in [6.45, 7) is -15.5. The van der Waals surface area contributed by atoms with Crippen LogP contribution < -0.4 is 0 Å². The van der Waals surface area contributed by atoms with Gasteiger partial charge in [-0.15, -0.1) is 0 Å². The minimum absolute atomic E-state index is 0.237. The molecule has 0 amide bonds. The molecule has 0 aromatic carbocycles. The predicted octanol–water partition coefficient (Wildman–Crippen LogP) is 9.99. The lowest BCUT2D eigenvalue weighted by Crippen LogP contribution is -2.71. The summed E-state index contributed by atoms with van der Waals surface area (Å²) in [6, 6.07) is 0. The summed E-state index contributed by atoms with van der Waals surface area (Å²) >= 11 is 0.237. The molecule has 0 aromatic rings. The van der Waals surface area contributed by atoms with E-state index in [-0.39, 0.29) is 11.8 Å². The zero-order valence-corrected chi connectivity index (χ0v) is 26.4. The molecule has 0 rings (SSSR count). The standard InChI is InChI=1S/C22H17F27O5S/c1-9(50)55-4-2-3-51-5-10(6-52-11(14(23,24)25,15(26,27)28)16(29,30)31,7-53-12(17(32,33)34,18(35,36)37)19(38,39)40)8-54-13(20(41,42)43,21(44,45)46)22(47,48)49/h2-8H2,1H3. The van der Waals surface area contributed by atoms with Gasteiger partial charge in [-0.05, 0) is 6.42 Å². The van der Waals surface area contributed by atoms with Gasteiger partial charge in [0.25, 0.3) is 0 Å². The van der Waals surface area contributed by atoms with Crippen LogP contribution in [0.5, 0.6) is 0 Å². The van der Waals surface area contributed by atoms with Crippen LogP contribution in [-0.4, -0.2) is 116 Å². The van der Waals surface area contributed by atoms with E-state index in [1.54, 1.807) is 0 Å². The second-order valence-electron chi connectivity index (χ2n) is 10.6. The highest BCUT2D eigenvalue weighted by Gasteiger charge is 2.88. The molecule has 0 atom stereocenters. The second kappa shape index (κ2) is 16.3. The molecular formula is C22H17F27O5S. The summed E-state index contributed by atoms with van der Waals surface area (Å²) in [5, 5.41) is -0.821. The van der Waals surface area contributed by atoms with Gasteiger partial charge in [-0.25, -0.2) is 0 Å². The quantitative estimate of drug-likeness (QED) is 0.121. The zero-order chi connectivity index (χ0) is 44.6. The van der Waals surface area contributed by atoms with Crippen molar-refractivity contribution in [3.63, 3.8) is 0 Å². The van der Waals surface area contributed by atoms with Crippen molar-refractivity contribution in [3.05, 3.63) is 0 Å². The number of hydrogen-bond acceptors (Lipinski definition) is 6. The van der Waals surface area contributed by atoms with Crippen LogP contribution in [0.25, 0.3) is 0 Å². The van der Waals surface area contributed by atoms with Crippen molar-refractivity contribution in [2.45, 2.75) is 85.7 Å². The highest BCUT2D eigenvalue weighted by atomic mass is 32.2. The Kier molecular flexibility index (Phi) is 15.7. The third-order valence-electron chi connectivity index (χ3n) is 6.52. The van der Waals surface area contributed by atoms with E-state index in [1.807, 2.05) is 0 Å². The molecule has 5 nitrogen and oxygen atoms in total. The van der Waals surface area contributed by atoms with Crippen LogP contribution in [0.2, 0.25) is 0 Å². The Hall–Kier alpha value is -2.03. The monoisotopic (exact) mass is 906 g/mol. The first kappa shape index (κ1) is 53.0. The minimum Gasteiger partial charge on any atom is -0.381 e. The molecule has 0 N–H and O–H groups in total. The summed E-state index contributed by atoms with van der Waals surface area (Å²) in [4.78, 5) is 10.9. The van der Waals surface area contributed by atoms with Crippen LogP contribution in [0, 0.1) is 5.41 Å². The molecule has 0 saturated heterocycles. The van der Waals surface area contributed by atoms with Crippen molar-refractivity contribution >= 4 is 16.9 Å². The number of alkyl halides is 27. The van der Waals surface area contributed by atoms with Crippen molar-refractivity contribution in [3.8, 4) is 0 Å². The van der Waals surface area contributed by atoms with Crippen molar-refractivity contribution in [1.82, 2.24) is 0 Å². The highest BCUT2D eigenvalue weighted by Crippen LogP contribution is 2.59. The van der Waals surface area contributed by atoms with E-state index in [1.165, 1.54) is 0 Å². The maximum absolute atomic E-state index is 13.5. The van der Waals surface area contributed by atoms with Gasteiger partial charge in [-0.2, -0.15) is 119 Å². The van der Waals surface area contributed by atoms with E-state index < -0.39 is 128 Å². The van der Waals surface area contributed by atoms with Crippen LogP contribution in [0.3, 0.4) is 0 Å². The molecule has 0 fully saturated rings. The number of ether oxygens (including phenoxy) is 4. The topological polar surface area (TPSA) is 54.0 Å². The van der Waals surface area contributed by atoms with Crippen molar-refractivity contribution in [2.75, 3.05) is 38.8 Å². The van der Waals surface area contributed by atoms with E-state index >= 15 is 0 Å². The average Bonchev–Trinajstić information content (AvgIpc) is 2.83. The van der Waals surface area contributed by atoms with E-state index in [4.69, 9.17) is 0 Å². The molecular weight excluding hydrogens is 889 g/mol. The van der Waals surface area contributed by atoms with Gasteiger partial charge in [0.2, 0.25) is 0 Å². The molecule has 0 unspecified atom stereocenters. The van der Waals surface area contributed by atoms with Gasteiger partial charge in [-0.3, -0.25) is 4.79 Å². The lowest BCUT2D eigenvalue weighted by Gasteiger charge is -2.45. The molecule has 0 saturated carbocycles. The van der Waals surface area contributed by atoms with Gasteiger partial charge < -0.3 is 18.9 Å². The third kappa shape index (κ3) is 10.7. The molecule has 330 valence electrons. The Balaban J connectivity index is 8.29. The molecule has 0 aromatic heterocycles. The van der Waals surface area contributed by atoms with Crippen LogP contribution in [0.4, 0.5) is 119 Å². The molecule has 0 aliphatic carbocycles. The normalized spacial score (nSPS) is 15.9. The van der Waals surface area contributed by atoms with E-state index in [2.05, 4.69) is 18.9 Å². The molecule has 0 spiro atoms. The first-order valence-corrected chi connectivity index (χ1v) is 14.0. The fourth-order valence-electron chi connectivity index (χ4n) is 3.88. The van der Waals surface area contributed by atoms with Gasteiger partial charge in [0.15, 0.2) is 5.12 Å². The Morgan fingerprint density at radius 1 is 0.400 bits per heavy atom.